The molecule has 0 fully saturated rings. The minimum atomic E-state index is 0.0534. The third-order valence-electron chi connectivity index (χ3n) is 1.88. The highest BCUT2D eigenvalue weighted by atomic mass is 16.1. The first-order valence-corrected chi connectivity index (χ1v) is 4.55. The number of rotatable bonds is 3. The standard InChI is InChI=1S/C10H10N4O/c1-8(15)6-14-7-10(12-13-14)9-3-2-4-11-5-9/h2-5,7H,6H2,1H3. The van der Waals surface area contributed by atoms with Crippen LogP contribution in [0.5, 0.6) is 0 Å². The first kappa shape index (κ1) is 9.51. The van der Waals surface area contributed by atoms with Crippen LogP contribution in [0, 0.1) is 0 Å². The predicted octanol–water partition coefficient (Wildman–Crippen LogP) is 0.929. The van der Waals surface area contributed by atoms with E-state index in [2.05, 4.69) is 15.3 Å². The maximum Gasteiger partial charge on any atom is 0.151 e. The predicted molar refractivity (Wildman–Crippen MR) is 53.9 cm³/mol. The van der Waals surface area contributed by atoms with E-state index in [1.807, 2.05) is 12.1 Å². The van der Waals surface area contributed by atoms with Crippen LogP contribution < -0.4 is 0 Å². The number of ketones is 1. The summed E-state index contributed by atoms with van der Waals surface area (Å²) in [6.07, 6.45) is 5.14. The van der Waals surface area contributed by atoms with E-state index in [1.54, 1.807) is 18.6 Å². The number of carbonyl (C=O) groups excluding carboxylic acids is 1. The summed E-state index contributed by atoms with van der Waals surface area (Å²) in [4.78, 5) is 14.8. The van der Waals surface area contributed by atoms with Gasteiger partial charge in [0.15, 0.2) is 5.78 Å². The van der Waals surface area contributed by atoms with Crippen LogP contribution in [0.15, 0.2) is 30.7 Å². The quantitative estimate of drug-likeness (QED) is 0.742. The Morgan fingerprint density at radius 3 is 3.07 bits per heavy atom. The van der Waals surface area contributed by atoms with Crippen molar-refractivity contribution in [1.82, 2.24) is 20.0 Å². The topological polar surface area (TPSA) is 60.7 Å². The van der Waals surface area contributed by atoms with E-state index in [0.29, 0.717) is 0 Å². The fourth-order valence-corrected chi connectivity index (χ4v) is 1.25. The lowest BCUT2D eigenvalue weighted by molar-refractivity contribution is -0.117. The molecule has 2 rings (SSSR count). The van der Waals surface area contributed by atoms with Crippen LogP contribution in [-0.2, 0) is 11.3 Å². The van der Waals surface area contributed by atoms with Crippen molar-refractivity contribution in [1.29, 1.82) is 0 Å². The fourth-order valence-electron chi connectivity index (χ4n) is 1.25. The molecule has 0 atom stereocenters. The number of hydrogen-bond acceptors (Lipinski definition) is 4. The molecule has 0 spiro atoms. The van der Waals surface area contributed by atoms with Crippen LogP contribution >= 0.6 is 0 Å². The Morgan fingerprint density at radius 1 is 1.53 bits per heavy atom. The first-order valence-electron chi connectivity index (χ1n) is 4.55. The lowest BCUT2D eigenvalue weighted by Gasteiger charge is -1.93. The van der Waals surface area contributed by atoms with Gasteiger partial charge in [-0.1, -0.05) is 5.21 Å². The van der Waals surface area contributed by atoms with Crippen LogP contribution in [0.25, 0.3) is 11.3 Å². The molecule has 0 bridgehead atoms. The molecule has 5 heteroatoms. The zero-order valence-corrected chi connectivity index (χ0v) is 8.29. The second-order valence-corrected chi connectivity index (χ2v) is 3.25. The Bertz CT molecular complexity index is 463. The molecule has 2 aromatic rings. The Hall–Kier alpha value is -2.04. The van der Waals surface area contributed by atoms with Crippen molar-refractivity contribution in [2.75, 3.05) is 0 Å². The van der Waals surface area contributed by atoms with Gasteiger partial charge in [-0.15, -0.1) is 5.10 Å². The molecule has 0 aliphatic rings. The first-order chi connectivity index (χ1) is 7.25. The molecule has 0 aliphatic carbocycles. The number of aromatic nitrogens is 4. The minimum absolute atomic E-state index is 0.0534. The SMILES string of the molecule is CC(=O)Cn1cc(-c2cccnc2)nn1. The molecule has 15 heavy (non-hydrogen) atoms. The molecule has 0 aromatic carbocycles. The largest absolute Gasteiger partial charge is 0.298 e. The van der Waals surface area contributed by atoms with Gasteiger partial charge < -0.3 is 0 Å². The normalized spacial score (nSPS) is 10.2. The molecule has 2 aromatic heterocycles. The van der Waals surface area contributed by atoms with E-state index in [9.17, 15) is 4.79 Å². The van der Waals surface area contributed by atoms with Crippen molar-refractivity contribution in [2.24, 2.45) is 0 Å². The lowest BCUT2D eigenvalue weighted by Crippen LogP contribution is -2.06. The van der Waals surface area contributed by atoms with Gasteiger partial charge in [-0.2, -0.15) is 0 Å². The summed E-state index contributed by atoms with van der Waals surface area (Å²) in [7, 11) is 0. The van der Waals surface area contributed by atoms with E-state index in [0.717, 1.165) is 11.3 Å². The molecular formula is C10H10N4O. The van der Waals surface area contributed by atoms with Gasteiger partial charge in [-0.05, 0) is 19.1 Å². The Labute approximate surface area is 86.8 Å². The molecule has 0 N–H and O–H groups in total. The van der Waals surface area contributed by atoms with Gasteiger partial charge in [-0.25, -0.2) is 4.68 Å². The average Bonchev–Trinajstić information content (AvgIpc) is 2.67. The van der Waals surface area contributed by atoms with E-state index >= 15 is 0 Å². The lowest BCUT2D eigenvalue weighted by atomic mass is 10.2. The molecule has 2 heterocycles. The Kier molecular flexibility index (Phi) is 2.53. The van der Waals surface area contributed by atoms with Gasteiger partial charge in [0, 0.05) is 18.0 Å². The van der Waals surface area contributed by atoms with Gasteiger partial charge in [-0.3, -0.25) is 9.78 Å². The summed E-state index contributed by atoms with van der Waals surface area (Å²) in [5.74, 6) is 0.0534. The van der Waals surface area contributed by atoms with E-state index in [4.69, 9.17) is 0 Å². The highest BCUT2D eigenvalue weighted by Gasteiger charge is 2.04. The summed E-state index contributed by atoms with van der Waals surface area (Å²) in [5, 5.41) is 7.81. The second kappa shape index (κ2) is 4.00. The molecule has 76 valence electrons. The van der Waals surface area contributed by atoms with Crippen molar-refractivity contribution < 1.29 is 4.79 Å². The monoisotopic (exact) mass is 202 g/mol. The molecular weight excluding hydrogens is 192 g/mol. The number of Topliss-reactive ketones (excluding diaryl/α,β-unsaturated/α-hetero) is 1. The maximum atomic E-state index is 10.9. The maximum absolute atomic E-state index is 10.9. The van der Waals surface area contributed by atoms with Crippen LogP contribution in [0.4, 0.5) is 0 Å². The van der Waals surface area contributed by atoms with E-state index in [-0.39, 0.29) is 12.3 Å². The van der Waals surface area contributed by atoms with Crippen LogP contribution in [0.3, 0.4) is 0 Å². The zero-order valence-electron chi connectivity index (χ0n) is 8.29. The number of pyridine rings is 1. The fraction of sp³-hybridized carbons (Fsp3) is 0.200. The summed E-state index contributed by atoms with van der Waals surface area (Å²) in [6, 6.07) is 3.73. The van der Waals surface area contributed by atoms with Crippen molar-refractivity contribution in [2.45, 2.75) is 13.5 Å². The number of nitrogens with zero attached hydrogens (tertiary/aromatic N) is 4. The summed E-state index contributed by atoms with van der Waals surface area (Å²) < 4.78 is 1.52. The van der Waals surface area contributed by atoms with Crippen LogP contribution in [-0.4, -0.2) is 25.8 Å². The van der Waals surface area contributed by atoms with Gasteiger partial charge in [0.1, 0.15) is 12.2 Å². The summed E-state index contributed by atoms with van der Waals surface area (Å²) >= 11 is 0. The molecule has 0 radical (unpaired) electrons. The zero-order chi connectivity index (χ0) is 10.7. The van der Waals surface area contributed by atoms with E-state index < -0.39 is 0 Å². The van der Waals surface area contributed by atoms with E-state index in [1.165, 1.54) is 11.6 Å². The van der Waals surface area contributed by atoms with Crippen LogP contribution in [0.2, 0.25) is 0 Å². The highest BCUT2D eigenvalue weighted by Crippen LogP contribution is 2.13. The third kappa shape index (κ3) is 2.25. The molecule has 0 amide bonds. The summed E-state index contributed by atoms with van der Waals surface area (Å²) in [5.41, 5.74) is 1.62. The van der Waals surface area contributed by atoms with Gasteiger partial charge in [0.2, 0.25) is 0 Å². The van der Waals surface area contributed by atoms with Crippen molar-refractivity contribution in [3.8, 4) is 11.3 Å². The highest BCUT2D eigenvalue weighted by molar-refractivity contribution is 5.75. The van der Waals surface area contributed by atoms with Crippen LogP contribution in [0.1, 0.15) is 6.92 Å². The van der Waals surface area contributed by atoms with Gasteiger partial charge >= 0.3 is 0 Å². The van der Waals surface area contributed by atoms with Gasteiger partial charge in [0.25, 0.3) is 0 Å². The van der Waals surface area contributed by atoms with Crippen molar-refractivity contribution in [3.05, 3.63) is 30.7 Å². The smallest absolute Gasteiger partial charge is 0.151 e. The minimum Gasteiger partial charge on any atom is -0.298 e. The van der Waals surface area contributed by atoms with Gasteiger partial charge in [0.05, 0.1) is 6.20 Å². The van der Waals surface area contributed by atoms with Crippen molar-refractivity contribution >= 4 is 5.78 Å². The Balaban J connectivity index is 2.24. The molecule has 0 aliphatic heterocycles. The average molecular weight is 202 g/mol. The number of carbonyl (C=O) groups is 1. The summed E-state index contributed by atoms with van der Waals surface area (Å²) in [6.45, 7) is 1.78. The Morgan fingerprint density at radius 2 is 2.40 bits per heavy atom. The second-order valence-electron chi connectivity index (χ2n) is 3.25. The third-order valence-corrected chi connectivity index (χ3v) is 1.88. The van der Waals surface area contributed by atoms with Crippen molar-refractivity contribution in [3.63, 3.8) is 0 Å². The molecule has 5 nitrogen and oxygen atoms in total. The molecule has 0 saturated heterocycles. The number of hydrogen-bond donors (Lipinski definition) is 0. The molecule has 0 saturated carbocycles. The molecule has 0 unspecified atom stereocenters.